The van der Waals surface area contributed by atoms with Gasteiger partial charge < -0.3 is 4.42 Å². The molecule has 0 saturated heterocycles. The number of aromatic nitrogens is 3. The fourth-order valence-electron chi connectivity index (χ4n) is 7.75. The predicted octanol–water partition coefficient (Wildman–Crippen LogP) is 14.1. The van der Waals surface area contributed by atoms with Gasteiger partial charge in [0.15, 0.2) is 17.5 Å². The summed E-state index contributed by atoms with van der Waals surface area (Å²) in [6, 6.07) is 65.8. The molecule has 3 heterocycles. The normalized spacial score (nSPS) is 11.6. The Labute approximate surface area is 327 Å². The van der Waals surface area contributed by atoms with E-state index in [1.807, 2.05) is 36.4 Å². The summed E-state index contributed by atoms with van der Waals surface area (Å²) in [7, 11) is 0. The summed E-state index contributed by atoms with van der Waals surface area (Å²) < 4.78 is 8.92. The van der Waals surface area contributed by atoms with Gasteiger partial charge in [0.25, 0.3) is 0 Å². The van der Waals surface area contributed by atoms with Crippen molar-refractivity contribution in [3.63, 3.8) is 0 Å². The summed E-state index contributed by atoms with van der Waals surface area (Å²) in [5.74, 6) is 1.92. The Kier molecular flexibility index (Phi) is 7.64. The predicted molar refractivity (Wildman–Crippen MR) is 233 cm³/mol. The van der Waals surface area contributed by atoms with Crippen molar-refractivity contribution >= 4 is 53.4 Å². The fourth-order valence-corrected chi connectivity index (χ4v) is 8.83. The highest BCUT2D eigenvalue weighted by Crippen LogP contribution is 2.40. The molecule has 0 saturated carbocycles. The molecular weight excluding hydrogens is 703 g/mol. The molecule has 0 aliphatic heterocycles. The van der Waals surface area contributed by atoms with Gasteiger partial charge >= 0.3 is 0 Å². The van der Waals surface area contributed by atoms with Gasteiger partial charge in [-0.3, -0.25) is 0 Å². The third kappa shape index (κ3) is 5.65. The minimum absolute atomic E-state index is 0.630. The number of hydrogen-bond acceptors (Lipinski definition) is 5. The number of thiophene rings is 1. The van der Waals surface area contributed by atoms with Gasteiger partial charge in [-0.2, -0.15) is 0 Å². The Morgan fingerprint density at radius 2 is 0.839 bits per heavy atom. The standard InChI is InChI=1S/C51H31N3OS/c1-3-10-32(11-4-1)33-18-20-34(21-19-33)38-26-28-44-43(30-38)48-40(15-9-16-45(48)55-44)35-22-24-37(25-23-35)50-52-49(36-12-5-2-6-13-36)53-51(54-50)39-27-29-47-42(31-39)41-14-7-8-17-46(41)56-47/h1-31H. The lowest BCUT2D eigenvalue weighted by molar-refractivity contribution is 0.669. The van der Waals surface area contributed by atoms with Crippen LogP contribution in [-0.4, -0.2) is 15.0 Å². The SMILES string of the molecule is c1ccc(-c2ccc(-c3ccc4oc5cccc(-c6ccc(-c7nc(-c8ccccc8)nc(-c8ccc9sc%10ccccc%10c9c8)n7)cc6)c5c4c3)cc2)cc1. The van der Waals surface area contributed by atoms with Crippen molar-refractivity contribution in [3.8, 4) is 67.5 Å². The molecule has 0 bridgehead atoms. The summed E-state index contributed by atoms with van der Waals surface area (Å²) in [5, 5.41) is 4.65. The maximum atomic E-state index is 6.40. The van der Waals surface area contributed by atoms with Crippen LogP contribution in [0, 0.1) is 0 Å². The summed E-state index contributed by atoms with van der Waals surface area (Å²) in [6.45, 7) is 0. The number of nitrogens with zero attached hydrogens (tertiary/aromatic N) is 3. The molecule has 0 amide bonds. The summed E-state index contributed by atoms with van der Waals surface area (Å²) in [6.07, 6.45) is 0. The molecule has 0 spiro atoms. The van der Waals surface area contributed by atoms with Gasteiger partial charge in [0, 0.05) is 47.6 Å². The first-order valence-corrected chi connectivity index (χ1v) is 19.5. The molecule has 0 N–H and O–H groups in total. The van der Waals surface area contributed by atoms with Crippen molar-refractivity contribution in [2.24, 2.45) is 0 Å². The largest absolute Gasteiger partial charge is 0.456 e. The van der Waals surface area contributed by atoms with Gasteiger partial charge in [-0.05, 0) is 75.8 Å². The van der Waals surface area contributed by atoms with Crippen LogP contribution in [0.4, 0.5) is 0 Å². The van der Waals surface area contributed by atoms with Gasteiger partial charge in [0.05, 0.1) is 0 Å². The second-order valence-corrected chi connectivity index (χ2v) is 15.1. The molecule has 11 rings (SSSR count). The lowest BCUT2D eigenvalue weighted by atomic mass is 9.96. The maximum absolute atomic E-state index is 6.40. The van der Waals surface area contributed by atoms with Gasteiger partial charge in [0.1, 0.15) is 11.2 Å². The topological polar surface area (TPSA) is 51.8 Å². The molecule has 0 fully saturated rings. The third-order valence-corrected chi connectivity index (χ3v) is 11.7. The zero-order valence-electron chi connectivity index (χ0n) is 30.1. The average molecular weight is 734 g/mol. The lowest BCUT2D eigenvalue weighted by Gasteiger charge is -2.10. The summed E-state index contributed by atoms with van der Waals surface area (Å²) >= 11 is 1.81. The smallest absolute Gasteiger partial charge is 0.164 e. The number of furan rings is 1. The number of benzene rings is 8. The number of rotatable bonds is 6. The van der Waals surface area contributed by atoms with Crippen LogP contribution in [0.15, 0.2) is 192 Å². The molecule has 11 aromatic rings. The molecule has 0 atom stereocenters. The molecular formula is C51H31N3OS. The maximum Gasteiger partial charge on any atom is 0.164 e. The molecule has 5 heteroatoms. The van der Waals surface area contributed by atoms with Gasteiger partial charge in [0.2, 0.25) is 0 Å². The summed E-state index contributed by atoms with van der Waals surface area (Å²) in [5.41, 5.74) is 11.5. The molecule has 0 aliphatic carbocycles. The van der Waals surface area contributed by atoms with Crippen molar-refractivity contribution < 1.29 is 4.42 Å². The van der Waals surface area contributed by atoms with Gasteiger partial charge in [-0.1, -0.05) is 146 Å². The highest BCUT2D eigenvalue weighted by Gasteiger charge is 2.17. The van der Waals surface area contributed by atoms with E-state index in [-0.39, 0.29) is 0 Å². The van der Waals surface area contributed by atoms with Crippen LogP contribution in [0.2, 0.25) is 0 Å². The van der Waals surface area contributed by atoms with Crippen LogP contribution in [-0.2, 0) is 0 Å². The lowest BCUT2D eigenvalue weighted by Crippen LogP contribution is -2.00. The fraction of sp³-hybridized carbons (Fsp3) is 0. The van der Waals surface area contributed by atoms with Crippen molar-refractivity contribution in [1.29, 1.82) is 0 Å². The second kappa shape index (κ2) is 13.3. The van der Waals surface area contributed by atoms with E-state index in [9.17, 15) is 0 Å². The Balaban J connectivity index is 0.980. The Morgan fingerprint density at radius 3 is 1.59 bits per heavy atom. The van der Waals surface area contributed by atoms with Crippen LogP contribution in [0.3, 0.4) is 0 Å². The Hall–Kier alpha value is -7.21. The van der Waals surface area contributed by atoms with E-state index < -0.39 is 0 Å². The minimum Gasteiger partial charge on any atom is -0.456 e. The van der Waals surface area contributed by atoms with Crippen LogP contribution in [0.25, 0.3) is 110 Å². The Bertz CT molecular complexity index is 3220. The average Bonchev–Trinajstić information content (AvgIpc) is 3.85. The molecule has 0 unspecified atom stereocenters. The van der Waals surface area contributed by atoms with Crippen LogP contribution < -0.4 is 0 Å². The van der Waals surface area contributed by atoms with Crippen molar-refractivity contribution in [2.45, 2.75) is 0 Å². The minimum atomic E-state index is 0.630. The molecule has 0 aliphatic rings. The number of hydrogen-bond donors (Lipinski definition) is 0. The molecule has 56 heavy (non-hydrogen) atoms. The van der Waals surface area contributed by atoms with Crippen molar-refractivity contribution in [2.75, 3.05) is 0 Å². The van der Waals surface area contributed by atoms with Crippen LogP contribution in [0.1, 0.15) is 0 Å². The quantitative estimate of drug-likeness (QED) is 0.171. The zero-order chi connectivity index (χ0) is 37.0. The van der Waals surface area contributed by atoms with Crippen LogP contribution >= 0.6 is 11.3 Å². The van der Waals surface area contributed by atoms with E-state index in [0.717, 1.165) is 60.9 Å². The second-order valence-electron chi connectivity index (χ2n) is 14.0. The van der Waals surface area contributed by atoms with Crippen LogP contribution in [0.5, 0.6) is 0 Å². The van der Waals surface area contributed by atoms with E-state index in [1.54, 1.807) is 11.3 Å². The van der Waals surface area contributed by atoms with Gasteiger partial charge in [-0.25, -0.2) is 15.0 Å². The highest BCUT2D eigenvalue weighted by molar-refractivity contribution is 7.25. The summed E-state index contributed by atoms with van der Waals surface area (Å²) in [4.78, 5) is 15.1. The number of fused-ring (bicyclic) bond motifs is 6. The van der Waals surface area contributed by atoms with E-state index in [2.05, 4.69) is 152 Å². The van der Waals surface area contributed by atoms with Crippen molar-refractivity contribution in [3.05, 3.63) is 188 Å². The molecule has 0 radical (unpaired) electrons. The first kappa shape index (κ1) is 32.2. The van der Waals surface area contributed by atoms with E-state index in [4.69, 9.17) is 19.4 Å². The first-order valence-electron chi connectivity index (χ1n) is 18.7. The monoisotopic (exact) mass is 733 g/mol. The molecule has 262 valence electrons. The first-order chi connectivity index (χ1) is 27.7. The van der Waals surface area contributed by atoms with E-state index in [0.29, 0.717) is 17.5 Å². The van der Waals surface area contributed by atoms with E-state index in [1.165, 1.54) is 31.3 Å². The van der Waals surface area contributed by atoms with E-state index >= 15 is 0 Å². The molecule has 3 aromatic heterocycles. The molecule has 4 nitrogen and oxygen atoms in total. The Morgan fingerprint density at radius 1 is 0.321 bits per heavy atom. The third-order valence-electron chi connectivity index (χ3n) is 10.6. The highest BCUT2D eigenvalue weighted by atomic mass is 32.1. The van der Waals surface area contributed by atoms with Crippen molar-refractivity contribution in [1.82, 2.24) is 15.0 Å². The molecule has 8 aromatic carbocycles. The zero-order valence-corrected chi connectivity index (χ0v) is 30.9. The van der Waals surface area contributed by atoms with Gasteiger partial charge in [-0.15, -0.1) is 11.3 Å².